The lowest BCUT2D eigenvalue weighted by molar-refractivity contribution is -0.396. The van der Waals surface area contributed by atoms with E-state index >= 15 is 0 Å². The van der Waals surface area contributed by atoms with E-state index in [0.717, 1.165) is 28.3 Å². The highest BCUT2D eigenvalue weighted by molar-refractivity contribution is 7.99. The molecule has 22 heavy (non-hydrogen) atoms. The Morgan fingerprint density at radius 1 is 1.18 bits per heavy atom. The number of hydrogen-bond acceptors (Lipinski definition) is 2. The topological polar surface area (TPSA) is 59.0 Å². The van der Waals surface area contributed by atoms with Crippen LogP contribution in [0.15, 0.2) is 53.7 Å². The van der Waals surface area contributed by atoms with Crippen molar-refractivity contribution in [2.45, 2.75) is 18.5 Å². The molecule has 4 nitrogen and oxygen atoms in total. The zero-order valence-electron chi connectivity index (χ0n) is 12.3. The van der Waals surface area contributed by atoms with Crippen LogP contribution in [0.2, 0.25) is 0 Å². The first-order valence-corrected chi connectivity index (χ1v) is 8.25. The number of aromatic amines is 2. The zero-order chi connectivity index (χ0) is 15.4. The molecule has 0 aliphatic heterocycles. The SMILES string of the molecule is CCc1ccc(NC(=O)CSc2[nH]c3ccccc3[nH+]2)cc1. The van der Waals surface area contributed by atoms with Gasteiger partial charge in [0.2, 0.25) is 5.91 Å². The average Bonchev–Trinajstić information content (AvgIpc) is 2.96. The number of amides is 1. The van der Waals surface area contributed by atoms with Gasteiger partial charge < -0.3 is 5.32 Å². The van der Waals surface area contributed by atoms with Crippen LogP contribution in [0.1, 0.15) is 12.5 Å². The number of fused-ring (bicyclic) bond motifs is 1. The Hall–Kier alpha value is -2.27. The Morgan fingerprint density at radius 3 is 2.68 bits per heavy atom. The van der Waals surface area contributed by atoms with E-state index in [1.165, 1.54) is 17.3 Å². The molecular formula is C17H18N3OS+. The highest BCUT2D eigenvalue weighted by Gasteiger charge is 2.12. The molecule has 0 saturated carbocycles. The van der Waals surface area contributed by atoms with E-state index < -0.39 is 0 Å². The number of thioether (sulfide) groups is 1. The third kappa shape index (κ3) is 3.49. The molecule has 0 bridgehead atoms. The quantitative estimate of drug-likeness (QED) is 0.710. The lowest BCUT2D eigenvalue weighted by atomic mass is 10.1. The molecule has 3 rings (SSSR count). The number of aromatic nitrogens is 2. The number of para-hydroxylation sites is 2. The van der Waals surface area contributed by atoms with Gasteiger partial charge in [-0.3, -0.25) is 4.79 Å². The van der Waals surface area contributed by atoms with Crippen LogP contribution >= 0.6 is 11.8 Å². The van der Waals surface area contributed by atoms with Crippen LogP contribution in [-0.2, 0) is 11.2 Å². The van der Waals surface area contributed by atoms with Gasteiger partial charge >= 0.3 is 5.16 Å². The number of carbonyl (C=O) groups excluding carboxylic acids is 1. The number of benzene rings is 2. The molecule has 0 saturated heterocycles. The zero-order valence-corrected chi connectivity index (χ0v) is 13.2. The van der Waals surface area contributed by atoms with Gasteiger partial charge in [0, 0.05) is 5.69 Å². The molecule has 3 N–H and O–H groups in total. The molecule has 3 aromatic rings. The van der Waals surface area contributed by atoms with Crippen LogP contribution in [0.3, 0.4) is 0 Å². The second kappa shape index (κ2) is 6.66. The monoisotopic (exact) mass is 312 g/mol. The van der Waals surface area contributed by atoms with E-state index in [-0.39, 0.29) is 5.91 Å². The summed E-state index contributed by atoms with van der Waals surface area (Å²) < 4.78 is 0. The molecule has 2 aromatic carbocycles. The average molecular weight is 312 g/mol. The Bertz CT molecular complexity index is 747. The predicted octanol–water partition coefficient (Wildman–Crippen LogP) is 3.28. The first-order chi connectivity index (χ1) is 10.7. The van der Waals surface area contributed by atoms with Gasteiger partial charge in [-0.2, -0.15) is 0 Å². The molecular weight excluding hydrogens is 294 g/mol. The molecule has 5 heteroatoms. The van der Waals surface area contributed by atoms with Gasteiger partial charge in [0.1, 0.15) is 0 Å². The maximum atomic E-state index is 12.0. The molecule has 1 aromatic heterocycles. The van der Waals surface area contributed by atoms with Crippen molar-refractivity contribution in [3.63, 3.8) is 0 Å². The summed E-state index contributed by atoms with van der Waals surface area (Å²) in [6.45, 7) is 2.11. The number of nitrogens with one attached hydrogen (secondary N) is 3. The van der Waals surface area contributed by atoms with Gasteiger partial charge in [-0.1, -0.05) is 31.2 Å². The number of anilines is 1. The van der Waals surface area contributed by atoms with E-state index in [9.17, 15) is 4.79 Å². The van der Waals surface area contributed by atoms with E-state index in [1.54, 1.807) is 0 Å². The fraction of sp³-hybridized carbons (Fsp3) is 0.176. The predicted molar refractivity (Wildman–Crippen MR) is 90.0 cm³/mol. The summed E-state index contributed by atoms with van der Waals surface area (Å²) in [5, 5.41) is 3.80. The number of H-pyrrole nitrogens is 2. The summed E-state index contributed by atoms with van der Waals surface area (Å²) in [6.07, 6.45) is 1.00. The van der Waals surface area contributed by atoms with Crippen molar-refractivity contribution < 1.29 is 9.78 Å². The minimum Gasteiger partial charge on any atom is -0.325 e. The molecule has 0 unspecified atom stereocenters. The van der Waals surface area contributed by atoms with Crippen molar-refractivity contribution >= 4 is 34.4 Å². The van der Waals surface area contributed by atoms with Gasteiger partial charge in [0.15, 0.2) is 11.0 Å². The Kier molecular flexibility index (Phi) is 4.44. The standard InChI is InChI=1S/C17H17N3OS/c1-2-12-7-9-13(10-8-12)18-16(21)11-22-17-19-14-5-3-4-6-15(14)20-17/h3-10H,2,11H2,1H3,(H,18,21)(H,19,20)/p+1. The van der Waals surface area contributed by atoms with Crippen molar-refractivity contribution in [3.05, 3.63) is 54.1 Å². The van der Waals surface area contributed by atoms with Crippen LogP contribution < -0.4 is 10.3 Å². The molecule has 0 aliphatic carbocycles. The highest BCUT2D eigenvalue weighted by atomic mass is 32.2. The van der Waals surface area contributed by atoms with E-state index in [2.05, 4.69) is 22.2 Å². The largest absolute Gasteiger partial charge is 0.325 e. The lowest BCUT2D eigenvalue weighted by Gasteiger charge is -2.04. The van der Waals surface area contributed by atoms with Crippen molar-refractivity contribution in [2.75, 3.05) is 11.1 Å². The Balaban J connectivity index is 1.57. The smallest absolute Gasteiger partial charge is 0.315 e. The molecule has 0 atom stereocenters. The van der Waals surface area contributed by atoms with Gasteiger partial charge in [-0.05, 0) is 48.0 Å². The minimum absolute atomic E-state index is 0.0127. The second-order valence-electron chi connectivity index (χ2n) is 5.01. The summed E-state index contributed by atoms with van der Waals surface area (Å²) in [4.78, 5) is 18.5. The third-order valence-electron chi connectivity index (χ3n) is 3.42. The van der Waals surface area contributed by atoms with Crippen LogP contribution in [0.25, 0.3) is 11.0 Å². The minimum atomic E-state index is -0.0127. The molecule has 112 valence electrons. The van der Waals surface area contributed by atoms with Crippen LogP contribution in [0.4, 0.5) is 5.69 Å². The fourth-order valence-corrected chi connectivity index (χ4v) is 2.92. The van der Waals surface area contributed by atoms with Gasteiger partial charge in [-0.15, -0.1) is 0 Å². The van der Waals surface area contributed by atoms with Crippen molar-refractivity contribution in [1.29, 1.82) is 0 Å². The fourth-order valence-electron chi connectivity index (χ4n) is 2.21. The molecule has 0 radical (unpaired) electrons. The number of rotatable bonds is 5. The third-order valence-corrected chi connectivity index (χ3v) is 4.32. The van der Waals surface area contributed by atoms with Crippen LogP contribution in [0.5, 0.6) is 0 Å². The maximum Gasteiger partial charge on any atom is 0.315 e. The van der Waals surface area contributed by atoms with Crippen LogP contribution in [0, 0.1) is 0 Å². The number of imidazole rings is 1. The van der Waals surface area contributed by atoms with Gasteiger partial charge in [0.05, 0.1) is 5.75 Å². The second-order valence-corrected chi connectivity index (χ2v) is 6.00. The Morgan fingerprint density at radius 2 is 1.95 bits per heavy atom. The molecule has 1 amide bonds. The highest BCUT2D eigenvalue weighted by Crippen LogP contribution is 2.16. The number of aryl methyl sites for hydroxylation is 1. The summed E-state index contributed by atoms with van der Waals surface area (Å²) >= 11 is 1.46. The van der Waals surface area contributed by atoms with Crippen molar-refractivity contribution in [1.82, 2.24) is 4.98 Å². The normalized spacial score (nSPS) is 10.8. The first-order valence-electron chi connectivity index (χ1n) is 7.26. The molecule has 0 aliphatic rings. The van der Waals surface area contributed by atoms with Gasteiger partial charge in [-0.25, -0.2) is 9.97 Å². The number of carbonyl (C=O) groups is 1. The van der Waals surface area contributed by atoms with E-state index in [4.69, 9.17) is 0 Å². The Labute approximate surface area is 133 Å². The molecule has 0 fully saturated rings. The summed E-state index contributed by atoms with van der Waals surface area (Å²) in [5.74, 6) is 0.347. The summed E-state index contributed by atoms with van der Waals surface area (Å²) in [6, 6.07) is 15.9. The van der Waals surface area contributed by atoms with E-state index in [0.29, 0.717) is 5.75 Å². The van der Waals surface area contributed by atoms with Crippen molar-refractivity contribution in [3.8, 4) is 0 Å². The summed E-state index contributed by atoms with van der Waals surface area (Å²) in [5.41, 5.74) is 4.18. The number of hydrogen-bond donors (Lipinski definition) is 2. The molecule has 1 heterocycles. The lowest BCUT2D eigenvalue weighted by Crippen LogP contribution is -2.15. The summed E-state index contributed by atoms with van der Waals surface area (Å²) in [7, 11) is 0. The first kappa shape index (κ1) is 14.7. The van der Waals surface area contributed by atoms with E-state index in [1.807, 2.05) is 48.5 Å². The van der Waals surface area contributed by atoms with Crippen molar-refractivity contribution in [2.24, 2.45) is 0 Å². The molecule has 0 spiro atoms. The van der Waals surface area contributed by atoms with Gasteiger partial charge in [0.25, 0.3) is 0 Å². The van der Waals surface area contributed by atoms with Crippen LogP contribution in [-0.4, -0.2) is 16.6 Å². The maximum absolute atomic E-state index is 12.0.